The van der Waals surface area contributed by atoms with Crippen LogP contribution in [0.2, 0.25) is 5.02 Å². The normalized spacial score (nSPS) is 12.5. The summed E-state index contributed by atoms with van der Waals surface area (Å²) in [5.41, 5.74) is 1.77. The second-order valence-electron chi connectivity index (χ2n) is 5.50. The number of para-hydroxylation sites is 1. The monoisotopic (exact) mass is 357 g/mol. The maximum Gasteiger partial charge on any atom is 0.338 e. The van der Waals surface area contributed by atoms with E-state index in [4.69, 9.17) is 21.1 Å². The summed E-state index contributed by atoms with van der Waals surface area (Å²) in [5, 5.41) is 0.549. The summed E-state index contributed by atoms with van der Waals surface area (Å²) in [5.74, 6) is -0.249. The Morgan fingerprint density at radius 2 is 1.96 bits per heavy atom. The van der Waals surface area contributed by atoms with Gasteiger partial charge in [-0.1, -0.05) is 29.8 Å². The minimum absolute atomic E-state index is 0.0934. The molecule has 0 radical (unpaired) electrons. The van der Waals surface area contributed by atoms with Gasteiger partial charge in [-0.25, -0.2) is 4.79 Å². The number of halogens is 1. The molecule has 25 heavy (non-hydrogen) atoms. The van der Waals surface area contributed by atoms with Gasteiger partial charge in [0.15, 0.2) is 6.61 Å². The maximum absolute atomic E-state index is 12.2. The number of anilines is 1. The van der Waals surface area contributed by atoms with Crippen LogP contribution in [-0.4, -0.2) is 32.1 Å². The van der Waals surface area contributed by atoms with Crippen LogP contribution in [0.5, 0.6) is 5.75 Å². The number of esters is 1. The van der Waals surface area contributed by atoms with Gasteiger partial charge in [0.05, 0.1) is 5.57 Å². The number of carbonyl (C=O) groups is 2. The lowest BCUT2D eigenvalue weighted by Gasteiger charge is -2.19. The maximum atomic E-state index is 12.2. The zero-order chi connectivity index (χ0) is 17.8. The lowest BCUT2D eigenvalue weighted by atomic mass is 10.1. The van der Waals surface area contributed by atoms with Gasteiger partial charge in [-0.05, 0) is 36.4 Å². The number of amides is 1. The van der Waals surface area contributed by atoms with Crippen LogP contribution in [0, 0.1) is 0 Å². The highest BCUT2D eigenvalue weighted by Crippen LogP contribution is 2.29. The van der Waals surface area contributed by atoms with E-state index >= 15 is 0 Å². The first-order chi connectivity index (χ1) is 12.0. The molecule has 0 aromatic heterocycles. The van der Waals surface area contributed by atoms with E-state index < -0.39 is 5.97 Å². The number of nitrogens with zero attached hydrogens (tertiary/aromatic N) is 1. The van der Waals surface area contributed by atoms with Crippen molar-refractivity contribution in [2.45, 2.75) is 0 Å². The molecule has 0 saturated carbocycles. The number of rotatable bonds is 4. The minimum atomic E-state index is -0.583. The summed E-state index contributed by atoms with van der Waals surface area (Å²) < 4.78 is 10.6. The van der Waals surface area contributed by atoms with Crippen molar-refractivity contribution >= 4 is 35.2 Å². The number of carbonyl (C=O) groups excluding carboxylic acids is 2. The molecule has 0 fully saturated rings. The van der Waals surface area contributed by atoms with Crippen LogP contribution in [0.1, 0.15) is 5.56 Å². The van der Waals surface area contributed by atoms with Gasteiger partial charge in [-0.15, -0.1) is 0 Å². The van der Waals surface area contributed by atoms with E-state index in [0.717, 1.165) is 5.69 Å². The highest BCUT2D eigenvalue weighted by Gasteiger charge is 2.20. The Labute approximate surface area is 150 Å². The molecule has 6 heteroatoms. The first kappa shape index (κ1) is 17.0. The van der Waals surface area contributed by atoms with Crippen LogP contribution in [0.3, 0.4) is 0 Å². The summed E-state index contributed by atoms with van der Waals surface area (Å²) in [6, 6.07) is 14.3. The van der Waals surface area contributed by atoms with Gasteiger partial charge in [0, 0.05) is 23.3 Å². The molecule has 0 saturated heterocycles. The van der Waals surface area contributed by atoms with Gasteiger partial charge in [-0.3, -0.25) is 4.79 Å². The molecule has 128 valence electrons. The number of benzene rings is 2. The van der Waals surface area contributed by atoms with Crippen molar-refractivity contribution in [1.29, 1.82) is 0 Å². The number of likely N-dealkylation sites (N-methyl/N-ethyl adjacent to an activating group) is 1. The SMILES string of the molecule is CN(C(=O)COC(=O)C1=Cc2cc(Cl)ccc2OC1)c1ccccc1. The van der Waals surface area contributed by atoms with Crippen molar-refractivity contribution in [2.24, 2.45) is 0 Å². The molecule has 5 nitrogen and oxygen atoms in total. The molecule has 2 aromatic carbocycles. The highest BCUT2D eigenvalue weighted by molar-refractivity contribution is 6.30. The third-order valence-electron chi connectivity index (χ3n) is 3.79. The summed E-state index contributed by atoms with van der Waals surface area (Å²) in [4.78, 5) is 25.8. The first-order valence-electron chi connectivity index (χ1n) is 7.66. The summed E-state index contributed by atoms with van der Waals surface area (Å²) >= 11 is 5.95. The Balaban J connectivity index is 1.62. The second-order valence-corrected chi connectivity index (χ2v) is 5.94. The first-order valence-corrected chi connectivity index (χ1v) is 8.04. The number of hydrogen-bond acceptors (Lipinski definition) is 4. The van der Waals surface area contributed by atoms with Gasteiger partial charge < -0.3 is 14.4 Å². The van der Waals surface area contributed by atoms with Crippen molar-refractivity contribution < 1.29 is 19.1 Å². The molecule has 0 N–H and O–H groups in total. The third kappa shape index (κ3) is 4.00. The van der Waals surface area contributed by atoms with E-state index in [-0.39, 0.29) is 19.1 Å². The fraction of sp³-hybridized carbons (Fsp3) is 0.158. The molecule has 1 aliphatic rings. The van der Waals surface area contributed by atoms with Crippen LogP contribution in [0.25, 0.3) is 6.08 Å². The molecule has 2 aromatic rings. The Morgan fingerprint density at radius 1 is 1.20 bits per heavy atom. The predicted octanol–water partition coefficient (Wildman–Crippen LogP) is 3.32. The predicted molar refractivity (Wildman–Crippen MR) is 95.7 cm³/mol. The Bertz CT molecular complexity index is 833. The van der Waals surface area contributed by atoms with E-state index in [9.17, 15) is 9.59 Å². The third-order valence-corrected chi connectivity index (χ3v) is 4.03. The molecule has 0 spiro atoms. The fourth-order valence-electron chi connectivity index (χ4n) is 2.38. The minimum Gasteiger partial charge on any atom is -0.488 e. The van der Waals surface area contributed by atoms with Crippen molar-refractivity contribution in [1.82, 2.24) is 0 Å². The molecule has 0 unspecified atom stereocenters. The quantitative estimate of drug-likeness (QED) is 0.788. The number of hydrogen-bond donors (Lipinski definition) is 0. The van der Waals surface area contributed by atoms with Crippen LogP contribution < -0.4 is 9.64 Å². The van der Waals surface area contributed by atoms with Crippen LogP contribution in [-0.2, 0) is 14.3 Å². The molecule has 0 atom stereocenters. The Kier molecular flexibility index (Phi) is 5.05. The molecule has 1 amide bonds. The fourth-order valence-corrected chi connectivity index (χ4v) is 2.56. The summed E-state index contributed by atoms with van der Waals surface area (Å²) in [6.07, 6.45) is 1.67. The van der Waals surface area contributed by atoms with Gasteiger partial charge in [0.2, 0.25) is 0 Å². The second kappa shape index (κ2) is 7.40. The standard InChI is InChI=1S/C19H16ClNO4/c1-21(16-5-3-2-4-6-16)18(22)12-25-19(23)14-9-13-10-15(20)7-8-17(13)24-11-14/h2-10H,11-12H2,1H3. The number of ether oxygens (including phenoxy) is 2. The van der Waals surface area contributed by atoms with Crippen LogP contribution >= 0.6 is 11.6 Å². The lowest BCUT2D eigenvalue weighted by Crippen LogP contribution is -2.31. The van der Waals surface area contributed by atoms with E-state index in [1.807, 2.05) is 18.2 Å². The van der Waals surface area contributed by atoms with Crippen molar-refractivity contribution in [3.8, 4) is 5.75 Å². The molecule has 3 rings (SSSR count). The zero-order valence-electron chi connectivity index (χ0n) is 13.6. The van der Waals surface area contributed by atoms with Crippen molar-refractivity contribution in [3.63, 3.8) is 0 Å². The molecule has 1 aliphatic heterocycles. The molecule has 1 heterocycles. The zero-order valence-corrected chi connectivity index (χ0v) is 14.3. The average Bonchev–Trinajstić information content (AvgIpc) is 2.65. The number of fused-ring (bicyclic) bond motifs is 1. The molecular weight excluding hydrogens is 342 g/mol. The summed E-state index contributed by atoms with van der Waals surface area (Å²) in [7, 11) is 1.63. The van der Waals surface area contributed by atoms with E-state index in [1.54, 1.807) is 43.5 Å². The van der Waals surface area contributed by atoms with Crippen LogP contribution in [0.15, 0.2) is 54.1 Å². The largest absolute Gasteiger partial charge is 0.488 e. The molecule has 0 aliphatic carbocycles. The van der Waals surface area contributed by atoms with Crippen molar-refractivity contribution in [3.05, 3.63) is 64.7 Å². The van der Waals surface area contributed by atoms with E-state index in [1.165, 1.54) is 4.90 Å². The lowest BCUT2D eigenvalue weighted by molar-refractivity contribution is -0.144. The topological polar surface area (TPSA) is 55.8 Å². The van der Waals surface area contributed by atoms with Crippen molar-refractivity contribution in [2.75, 3.05) is 25.2 Å². The summed E-state index contributed by atoms with van der Waals surface area (Å²) in [6.45, 7) is -0.250. The van der Waals surface area contributed by atoms with E-state index in [0.29, 0.717) is 21.9 Å². The van der Waals surface area contributed by atoms with Gasteiger partial charge in [-0.2, -0.15) is 0 Å². The van der Waals surface area contributed by atoms with Crippen LogP contribution in [0.4, 0.5) is 5.69 Å². The smallest absolute Gasteiger partial charge is 0.338 e. The van der Waals surface area contributed by atoms with Gasteiger partial charge >= 0.3 is 5.97 Å². The Morgan fingerprint density at radius 3 is 2.72 bits per heavy atom. The van der Waals surface area contributed by atoms with E-state index in [2.05, 4.69) is 0 Å². The van der Waals surface area contributed by atoms with Gasteiger partial charge in [0.1, 0.15) is 12.4 Å². The highest BCUT2D eigenvalue weighted by atomic mass is 35.5. The Hall–Kier alpha value is -2.79. The van der Waals surface area contributed by atoms with Gasteiger partial charge in [0.25, 0.3) is 5.91 Å². The molecule has 0 bridgehead atoms. The average molecular weight is 358 g/mol. The molecular formula is C19H16ClNO4.